The minimum absolute atomic E-state index is 0.0274. The van der Waals surface area contributed by atoms with Gasteiger partial charge in [-0.25, -0.2) is 0 Å². The molecule has 80 valence electrons. The van der Waals surface area contributed by atoms with Gasteiger partial charge in [0.1, 0.15) is 0 Å². The van der Waals surface area contributed by atoms with Crippen molar-refractivity contribution in [1.29, 1.82) is 0 Å². The summed E-state index contributed by atoms with van der Waals surface area (Å²) in [7, 11) is 0. The molecule has 1 atom stereocenters. The monoisotopic (exact) mass is 224 g/mol. The van der Waals surface area contributed by atoms with E-state index in [1.165, 1.54) is 0 Å². The molecule has 15 heavy (non-hydrogen) atoms. The van der Waals surface area contributed by atoms with Crippen LogP contribution in [0.5, 0.6) is 0 Å². The maximum atomic E-state index is 11.7. The zero-order valence-electron chi connectivity index (χ0n) is 8.29. The third kappa shape index (κ3) is 2.70. The standard InChI is InChI=1S/C11H13ClN2O/c12-9-3-1-8(2-4-9)11(15)14-10-5-6-13-7-10/h1-4,10,13H,5-7H2,(H,14,15)/t10-/m1/s1. The third-order valence-electron chi connectivity index (χ3n) is 2.50. The number of nitrogens with one attached hydrogen (secondary N) is 2. The van der Waals surface area contributed by atoms with Gasteiger partial charge in [-0.05, 0) is 37.2 Å². The maximum Gasteiger partial charge on any atom is 0.251 e. The number of halogens is 1. The van der Waals surface area contributed by atoms with Crippen molar-refractivity contribution in [3.63, 3.8) is 0 Å². The van der Waals surface area contributed by atoms with Gasteiger partial charge in [-0.3, -0.25) is 4.79 Å². The molecule has 1 saturated heterocycles. The van der Waals surface area contributed by atoms with Crippen LogP contribution in [0.1, 0.15) is 16.8 Å². The summed E-state index contributed by atoms with van der Waals surface area (Å²) >= 11 is 5.74. The second kappa shape index (κ2) is 4.64. The Morgan fingerprint density at radius 2 is 2.13 bits per heavy atom. The summed E-state index contributed by atoms with van der Waals surface area (Å²) in [5.41, 5.74) is 0.659. The van der Waals surface area contributed by atoms with Gasteiger partial charge in [-0.2, -0.15) is 0 Å². The van der Waals surface area contributed by atoms with Gasteiger partial charge in [0, 0.05) is 23.2 Å². The van der Waals surface area contributed by atoms with Crippen molar-refractivity contribution in [2.75, 3.05) is 13.1 Å². The molecule has 1 aliphatic heterocycles. The summed E-state index contributed by atoms with van der Waals surface area (Å²) in [5, 5.41) is 6.82. The van der Waals surface area contributed by atoms with Crippen LogP contribution in [0.2, 0.25) is 5.02 Å². The number of hydrogen-bond donors (Lipinski definition) is 2. The molecule has 1 amide bonds. The summed E-state index contributed by atoms with van der Waals surface area (Å²) < 4.78 is 0. The smallest absolute Gasteiger partial charge is 0.251 e. The lowest BCUT2D eigenvalue weighted by Crippen LogP contribution is -2.36. The number of carbonyl (C=O) groups is 1. The Hall–Kier alpha value is -1.06. The highest BCUT2D eigenvalue weighted by atomic mass is 35.5. The van der Waals surface area contributed by atoms with Crippen molar-refractivity contribution < 1.29 is 4.79 Å². The van der Waals surface area contributed by atoms with Crippen molar-refractivity contribution in [2.24, 2.45) is 0 Å². The molecule has 0 unspecified atom stereocenters. The van der Waals surface area contributed by atoms with Gasteiger partial charge in [0.2, 0.25) is 0 Å². The molecule has 1 aliphatic rings. The average molecular weight is 225 g/mol. The molecule has 3 nitrogen and oxygen atoms in total. The molecule has 0 bridgehead atoms. The number of amides is 1. The molecule has 1 aromatic rings. The quantitative estimate of drug-likeness (QED) is 0.798. The fourth-order valence-corrected chi connectivity index (χ4v) is 1.77. The maximum absolute atomic E-state index is 11.7. The first-order valence-corrected chi connectivity index (χ1v) is 5.40. The molecule has 0 aliphatic carbocycles. The minimum atomic E-state index is -0.0274. The Kier molecular flexibility index (Phi) is 3.23. The van der Waals surface area contributed by atoms with Crippen molar-refractivity contribution in [3.8, 4) is 0 Å². The van der Waals surface area contributed by atoms with Gasteiger partial charge in [0.05, 0.1) is 0 Å². The molecule has 0 aromatic heterocycles. The Morgan fingerprint density at radius 3 is 2.73 bits per heavy atom. The number of carbonyl (C=O) groups excluding carboxylic acids is 1. The van der Waals surface area contributed by atoms with Crippen LogP contribution in [0.3, 0.4) is 0 Å². The second-order valence-electron chi connectivity index (χ2n) is 3.67. The van der Waals surface area contributed by atoms with Crippen molar-refractivity contribution in [3.05, 3.63) is 34.9 Å². The molecular weight excluding hydrogens is 212 g/mol. The largest absolute Gasteiger partial charge is 0.348 e. The van der Waals surface area contributed by atoms with Gasteiger partial charge in [-0.15, -0.1) is 0 Å². The molecule has 1 fully saturated rings. The first-order chi connectivity index (χ1) is 7.25. The summed E-state index contributed by atoms with van der Waals surface area (Å²) in [5.74, 6) is -0.0274. The van der Waals surface area contributed by atoms with Crippen LogP contribution in [0, 0.1) is 0 Å². The molecule has 4 heteroatoms. The molecule has 0 radical (unpaired) electrons. The van der Waals surface area contributed by atoms with Crippen molar-refractivity contribution in [1.82, 2.24) is 10.6 Å². The van der Waals surface area contributed by atoms with Gasteiger partial charge in [0.25, 0.3) is 5.91 Å². The lowest BCUT2D eigenvalue weighted by atomic mass is 10.2. The molecule has 2 rings (SSSR count). The number of hydrogen-bond acceptors (Lipinski definition) is 2. The Morgan fingerprint density at radius 1 is 1.40 bits per heavy atom. The molecular formula is C11H13ClN2O. The van der Waals surface area contributed by atoms with E-state index in [4.69, 9.17) is 11.6 Å². The van der Waals surface area contributed by atoms with Gasteiger partial charge >= 0.3 is 0 Å². The molecule has 0 saturated carbocycles. The van der Waals surface area contributed by atoms with Gasteiger partial charge in [0.15, 0.2) is 0 Å². The van der Waals surface area contributed by atoms with Crippen LogP contribution in [0.25, 0.3) is 0 Å². The predicted molar refractivity (Wildman–Crippen MR) is 60.2 cm³/mol. The van der Waals surface area contributed by atoms with E-state index < -0.39 is 0 Å². The Balaban J connectivity index is 1.98. The zero-order chi connectivity index (χ0) is 10.7. The van der Waals surface area contributed by atoms with E-state index in [0.717, 1.165) is 19.5 Å². The van der Waals surface area contributed by atoms with E-state index in [9.17, 15) is 4.79 Å². The summed E-state index contributed by atoms with van der Waals surface area (Å²) in [4.78, 5) is 11.7. The van der Waals surface area contributed by atoms with Crippen molar-refractivity contribution in [2.45, 2.75) is 12.5 Å². The first kappa shape index (κ1) is 10.5. The van der Waals surface area contributed by atoms with Crippen LogP contribution in [0.4, 0.5) is 0 Å². The fraction of sp³-hybridized carbons (Fsp3) is 0.364. The molecule has 1 aromatic carbocycles. The topological polar surface area (TPSA) is 41.1 Å². The van der Waals surface area contributed by atoms with E-state index in [2.05, 4.69) is 10.6 Å². The number of rotatable bonds is 2. The van der Waals surface area contributed by atoms with E-state index in [0.29, 0.717) is 10.6 Å². The SMILES string of the molecule is O=C(N[C@@H]1CCNC1)c1ccc(Cl)cc1. The van der Waals surface area contributed by atoms with E-state index in [1.54, 1.807) is 24.3 Å². The van der Waals surface area contributed by atoms with Gasteiger partial charge in [-0.1, -0.05) is 11.6 Å². The second-order valence-corrected chi connectivity index (χ2v) is 4.11. The van der Waals surface area contributed by atoms with Crippen LogP contribution < -0.4 is 10.6 Å². The van der Waals surface area contributed by atoms with E-state index >= 15 is 0 Å². The predicted octanol–water partition coefficient (Wildman–Crippen LogP) is 1.43. The highest BCUT2D eigenvalue weighted by Gasteiger charge is 2.17. The van der Waals surface area contributed by atoms with E-state index in [1.807, 2.05) is 0 Å². The summed E-state index contributed by atoms with van der Waals surface area (Å²) in [6.45, 7) is 1.84. The van der Waals surface area contributed by atoms with Crippen LogP contribution in [-0.4, -0.2) is 25.0 Å². The fourth-order valence-electron chi connectivity index (χ4n) is 1.65. The number of benzene rings is 1. The van der Waals surface area contributed by atoms with Gasteiger partial charge < -0.3 is 10.6 Å². The highest BCUT2D eigenvalue weighted by Crippen LogP contribution is 2.10. The first-order valence-electron chi connectivity index (χ1n) is 5.03. The van der Waals surface area contributed by atoms with Crippen LogP contribution in [0.15, 0.2) is 24.3 Å². The van der Waals surface area contributed by atoms with Crippen LogP contribution >= 0.6 is 11.6 Å². The third-order valence-corrected chi connectivity index (χ3v) is 2.75. The molecule has 0 spiro atoms. The molecule has 1 heterocycles. The zero-order valence-corrected chi connectivity index (χ0v) is 9.05. The lowest BCUT2D eigenvalue weighted by Gasteiger charge is -2.10. The van der Waals surface area contributed by atoms with E-state index in [-0.39, 0.29) is 11.9 Å². The Labute approximate surface area is 93.8 Å². The summed E-state index contributed by atoms with van der Waals surface area (Å²) in [6, 6.07) is 7.18. The normalized spacial score (nSPS) is 20.2. The summed E-state index contributed by atoms with van der Waals surface area (Å²) in [6.07, 6.45) is 0.999. The average Bonchev–Trinajstić information content (AvgIpc) is 2.71. The van der Waals surface area contributed by atoms with Crippen molar-refractivity contribution >= 4 is 17.5 Å². The Bertz CT molecular complexity index is 344. The lowest BCUT2D eigenvalue weighted by molar-refractivity contribution is 0.0940. The minimum Gasteiger partial charge on any atom is -0.348 e. The molecule has 2 N–H and O–H groups in total. The highest BCUT2D eigenvalue weighted by molar-refractivity contribution is 6.30. The van der Waals surface area contributed by atoms with Crippen LogP contribution in [-0.2, 0) is 0 Å².